The molecule has 0 saturated carbocycles. The van der Waals surface area contributed by atoms with Gasteiger partial charge in [0.2, 0.25) is 0 Å². The fourth-order valence-electron chi connectivity index (χ4n) is 1.73. The van der Waals surface area contributed by atoms with Gasteiger partial charge in [0.25, 0.3) is 0 Å². The van der Waals surface area contributed by atoms with Crippen LogP contribution in [0.1, 0.15) is 0 Å². The molecule has 1 heterocycles. The van der Waals surface area contributed by atoms with Crippen LogP contribution in [0, 0.1) is 0 Å². The lowest BCUT2D eigenvalue weighted by molar-refractivity contribution is 0.132. The Morgan fingerprint density at radius 1 is 0.905 bits per heavy atom. The van der Waals surface area contributed by atoms with Gasteiger partial charge in [-0.05, 0) is 22.0 Å². The SMILES string of the molecule is COCCOc1cc2ncnc(Br)c2cc1OCCOC. The van der Waals surface area contributed by atoms with E-state index in [0.717, 1.165) is 10.9 Å². The van der Waals surface area contributed by atoms with Crippen molar-refractivity contribution in [1.82, 2.24) is 9.97 Å². The Balaban J connectivity index is 2.29. The molecule has 0 aliphatic heterocycles. The minimum Gasteiger partial charge on any atom is -0.487 e. The smallest absolute Gasteiger partial charge is 0.163 e. The molecule has 6 nitrogen and oxygen atoms in total. The van der Waals surface area contributed by atoms with Crippen LogP contribution in [-0.2, 0) is 9.47 Å². The van der Waals surface area contributed by atoms with E-state index in [1.54, 1.807) is 14.2 Å². The summed E-state index contributed by atoms with van der Waals surface area (Å²) in [6.07, 6.45) is 1.50. The van der Waals surface area contributed by atoms with Crippen molar-refractivity contribution >= 4 is 26.8 Å². The fraction of sp³-hybridized carbons (Fsp3) is 0.429. The van der Waals surface area contributed by atoms with Gasteiger partial charge in [-0.1, -0.05) is 0 Å². The number of benzene rings is 1. The van der Waals surface area contributed by atoms with Crippen LogP contribution in [-0.4, -0.2) is 50.6 Å². The zero-order valence-corrected chi connectivity index (χ0v) is 13.6. The highest BCUT2D eigenvalue weighted by Gasteiger charge is 2.11. The molecule has 0 fully saturated rings. The highest BCUT2D eigenvalue weighted by molar-refractivity contribution is 9.10. The third kappa shape index (κ3) is 4.26. The monoisotopic (exact) mass is 356 g/mol. The maximum atomic E-state index is 5.70. The lowest BCUT2D eigenvalue weighted by Gasteiger charge is -2.13. The number of aromatic nitrogens is 2. The number of hydrogen-bond donors (Lipinski definition) is 0. The molecule has 0 radical (unpaired) electrons. The molecule has 2 rings (SSSR count). The Hall–Kier alpha value is -1.44. The first-order valence-corrected chi connectivity index (χ1v) is 7.23. The molecule has 0 bridgehead atoms. The summed E-state index contributed by atoms with van der Waals surface area (Å²) in [7, 11) is 3.26. The summed E-state index contributed by atoms with van der Waals surface area (Å²) in [6.45, 7) is 1.88. The molecule has 1 aromatic heterocycles. The highest BCUT2D eigenvalue weighted by atomic mass is 79.9. The Labute approximate surface area is 131 Å². The van der Waals surface area contributed by atoms with Gasteiger partial charge in [-0.15, -0.1) is 0 Å². The third-order valence-corrected chi connectivity index (χ3v) is 3.37. The average molecular weight is 357 g/mol. The normalized spacial score (nSPS) is 10.8. The second kappa shape index (κ2) is 8.11. The molecule has 114 valence electrons. The maximum Gasteiger partial charge on any atom is 0.163 e. The van der Waals surface area contributed by atoms with Crippen LogP contribution < -0.4 is 9.47 Å². The zero-order chi connectivity index (χ0) is 15.1. The van der Waals surface area contributed by atoms with E-state index in [4.69, 9.17) is 18.9 Å². The summed E-state index contributed by atoms with van der Waals surface area (Å²) < 4.78 is 22.1. The zero-order valence-electron chi connectivity index (χ0n) is 12.0. The standard InChI is InChI=1S/C14H17BrN2O4/c1-18-3-5-20-12-7-10-11(16-9-17-14(10)15)8-13(12)21-6-4-19-2/h7-9H,3-6H2,1-2H3. The summed E-state index contributed by atoms with van der Waals surface area (Å²) in [5.74, 6) is 1.26. The second-order valence-corrected chi connectivity index (χ2v) is 4.91. The molecule has 0 aliphatic rings. The molecule has 2 aromatic rings. The van der Waals surface area contributed by atoms with Crippen LogP contribution in [0.15, 0.2) is 23.1 Å². The summed E-state index contributed by atoms with van der Waals surface area (Å²) in [6, 6.07) is 3.69. The van der Waals surface area contributed by atoms with E-state index in [9.17, 15) is 0 Å². The van der Waals surface area contributed by atoms with Crippen molar-refractivity contribution < 1.29 is 18.9 Å². The van der Waals surface area contributed by atoms with Crippen LogP contribution >= 0.6 is 15.9 Å². The van der Waals surface area contributed by atoms with Crippen molar-refractivity contribution in [2.45, 2.75) is 0 Å². The van der Waals surface area contributed by atoms with Crippen LogP contribution in [0.25, 0.3) is 10.9 Å². The Morgan fingerprint density at radius 3 is 2.14 bits per heavy atom. The molecule has 0 unspecified atom stereocenters. The molecular weight excluding hydrogens is 340 g/mol. The Morgan fingerprint density at radius 2 is 1.52 bits per heavy atom. The van der Waals surface area contributed by atoms with Gasteiger partial charge >= 0.3 is 0 Å². The van der Waals surface area contributed by atoms with E-state index in [1.807, 2.05) is 12.1 Å². The van der Waals surface area contributed by atoms with Crippen LogP contribution in [0.4, 0.5) is 0 Å². The molecule has 0 amide bonds. The van der Waals surface area contributed by atoms with E-state index in [2.05, 4.69) is 25.9 Å². The van der Waals surface area contributed by atoms with Crippen LogP contribution in [0.2, 0.25) is 0 Å². The van der Waals surface area contributed by atoms with E-state index in [1.165, 1.54) is 6.33 Å². The van der Waals surface area contributed by atoms with Gasteiger partial charge in [0, 0.05) is 25.7 Å². The lowest BCUT2D eigenvalue weighted by atomic mass is 10.2. The molecule has 0 saturated heterocycles. The minimum absolute atomic E-state index is 0.438. The number of rotatable bonds is 8. The van der Waals surface area contributed by atoms with Crippen LogP contribution in [0.3, 0.4) is 0 Å². The highest BCUT2D eigenvalue weighted by Crippen LogP contribution is 2.34. The number of ether oxygens (including phenoxy) is 4. The van der Waals surface area contributed by atoms with Crippen molar-refractivity contribution in [3.8, 4) is 11.5 Å². The van der Waals surface area contributed by atoms with E-state index < -0.39 is 0 Å². The number of fused-ring (bicyclic) bond motifs is 1. The Kier molecular flexibility index (Phi) is 6.16. The van der Waals surface area contributed by atoms with E-state index >= 15 is 0 Å². The number of methoxy groups -OCH3 is 2. The maximum absolute atomic E-state index is 5.70. The molecule has 0 atom stereocenters. The van der Waals surface area contributed by atoms with Crippen molar-refractivity contribution in [3.05, 3.63) is 23.1 Å². The van der Waals surface area contributed by atoms with Gasteiger partial charge in [-0.2, -0.15) is 0 Å². The lowest BCUT2D eigenvalue weighted by Crippen LogP contribution is -2.08. The van der Waals surface area contributed by atoms with E-state index in [0.29, 0.717) is 42.5 Å². The minimum atomic E-state index is 0.438. The number of halogens is 1. The average Bonchev–Trinajstić information content (AvgIpc) is 2.49. The summed E-state index contributed by atoms with van der Waals surface area (Å²) in [4.78, 5) is 8.35. The Bertz CT molecular complexity index is 594. The molecule has 7 heteroatoms. The predicted octanol–water partition coefficient (Wildman–Crippen LogP) is 2.44. The first-order chi connectivity index (χ1) is 10.3. The number of nitrogens with zero attached hydrogens (tertiary/aromatic N) is 2. The van der Waals surface area contributed by atoms with Gasteiger partial charge in [0.05, 0.1) is 18.7 Å². The molecule has 0 spiro atoms. The number of hydrogen-bond acceptors (Lipinski definition) is 6. The van der Waals surface area contributed by atoms with Crippen molar-refractivity contribution in [2.24, 2.45) is 0 Å². The van der Waals surface area contributed by atoms with Crippen molar-refractivity contribution in [1.29, 1.82) is 0 Å². The topological polar surface area (TPSA) is 62.7 Å². The second-order valence-electron chi connectivity index (χ2n) is 4.16. The van der Waals surface area contributed by atoms with Gasteiger partial charge in [-0.3, -0.25) is 0 Å². The molecular formula is C14H17BrN2O4. The van der Waals surface area contributed by atoms with E-state index in [-0.39, 0.29) is 0 Å². The first-order valence-electron chi connectivity index (χ1n) is 6.44. The molecule has 0 N–H and O–H groups in total. The molecule has 1 aromatic carbocycles. The summed E-state index contributed by atoms with van der Waals surface area (Å²) in [5.41, 5.74) is 0.781. The summed E-state index contributed by atoms with van der Waals surface area (Å²) in [5, 5.41) is 0.865. The molecule has 21 heavy (non-hydrogen) atoms. The predicted molar refractivity (Wildman–Crippen MR) is 82.0 cm³/mol. The fourth-order valence-corrected chi connectivity index (χ4v) is 2.14. The summed E-state index contributed by atoms with van der Waals surface area (Å²) >= 11 is 3.41. The van der Waals surface area contributed by atoms with Crippen molar-refractivity contribution in [2.75, 3.05) is 40.6 Å². The van der Waals surface area contributed by atoms with Gasteiger partial charge < -0.3 is 18.9 Å². The van der Waals surface area contributed by atoms with Gasteiger partial charge in [0.15, 0.2) is 11.5 Å². The van der Waals surface area contributed by atoms with Gasteiger partial charge in [0.1, 0.15) is 24.1 Å². The van der Waals surface area contributed by atoms with Crippen LogP contribution in [0.5, 0.6) is 11.5 Å². The third-order valence-electron chi connectivity index (χ3n) is 2.74. The quantitative estimate of drug-likeness (QED) is 0.534. The largest absolute Gasteiger partial charge is 0.487 e. The van der Waals surface area contributed by atoms with Gasteiger partial charge in [-0.25, -0.2) is 9.97 Å². The first kappa shape index (κ1) is 15.9. The molecule has 0 aliphatic carbocycles. The van der Waals surface area contributed by atoms with Crippen molar-refractivity contribution in [3.63, 3.8) is 0 Å².